The number of benzene rings is 1. The van der Waals surface area contributed by atoms with Gasteiger partial charge in [-0.25, -0.2) is 0 Å². The monoisotopic (exact) mass is 267 g/mol. The third-order valence-corrected chi connectivity index (χ3v) is 3.99. The number of rotatable bonds is 4. The van der Waals surface area contributed by atoms with Crippen LogP contribution in [0.1, 0.15) is 38.7 Å². The van der Waals surface area contributed by atoms with E-state index >= 15 is 0 Å². The lowest BCUT2D eigenvalue weighted by molar-refractivity contribution is -0.0900. The van der Waals surface area contributed by atoms with E-state index in [2.05, 4.69) is 38.1 Å². The van der Waals surface area contributed by atoms with Crippen molar-refractivity contribution in [1.82, 2.24) is 5.06 Å². The van der Waals surface area contributed by atoms with Crippen LogP contribution in [0, 0.1) is 0 Å². The van der Waals surface area contributed by atoms with Gasteiger partial charge in [-0.1, -0.05) is 32.0 Å². The number of hydrogen-bond acceptors (Lipinski definition) is 3. The summed E-state index contributed by atoms with van der Waals surface area (Å²) in [6.07, 6.45) is 4.68. The summed E-state index contributed by atoms with van der Waals surface area (Å²) < 4.78 is 0. The van der Waals surface area contributed by atoms with Crippen LogP contribution in [0.25, 0.3) is 0 Å². The highest BCUT2D eigenvalue weighted by Crippen LogP contribution is 2.28. The largest absolute Gasteiger partial charge is 0.314 e. The first kappa shape index (κ1) is 15.5. The Morgan fingerprint density at radius 2 is 1.83 bits per heavy atom. The minimum atomic E-state index is 0.799. The second-order valence-corrected chi connectivity index (χ2v) is 5.65. The lowest BCUT2D eigenvalue weighted by Crippen LogP contribution is -2.20. The Balaban J connectivity index is 0.000000187. The molecule has 18 heavy (non-hydrogen) atoms. The molecule has 1 aromatic rings. The van der Waals surface area contributed by atoms with Crippen LogP contribution in [0.2, 0.25) is 0 Å². The molecule has 1 heterocycles. The summed E-state index contributed by atoms with van der Waals surface area (Å²) in [5.74, 6) is 1.30. The zero-order chi connectivity index (χ0) is 13.2. The first-order valence-corrected chi connectivity index (χ1v) is 7.91. The van der Waals surface area contributed by atoms with Gasteiger partial charge >= 0.3 is 0 Å². The van der Waals surface area contributed by atoms with Gasteiger partial charge in [-0.15, -0.1) is 11.8 Å². The summed E-state index contributed by atoms with van der Waals surface area (Å²) in [5.41, 5.74) is 1.54. The SMILES string of the molecule is CCCN(O)CCC.c1ccc2c(c1)CCCS2. The van der Waals surface area contributed by atoms with Crippen molar-refractivity contribution in [3.8, 4) is 0 Å². The number of nitrogens with zero attached hydrogens (tertiary/aromatic N) is 1. The van der Waals surface area contributed by atoms with Crippen LogP contribution in [0.4, 0.5) is 0 Å². The van der Waals surface area contributed by atoms with Gasteiger partial charge in [0.1, 0.15) is 0 Å². The molecule has 0 bridgehead atoms. The van der Waals surface area contributed by atoms with Crippen LogP contribution >= 0.6 is 11.8 Å². The van der Waals surface area contributed by atoms with Crippen LogP contribution in [0.3, 0.4) is 0 Å². The zero-order valence-electron chi connectivity index (χ0n) is 11.6. The molecule has 2 rings (SSSR count). The number of hydrogen-bond donors (Lipinski definition) is 1. The molecular weight excluding hydrogens is 242 g/mol. The second-order valence-electron chi connectivity index (χ2n) is 4.51. The van der Waals surface area contributed by atoms with Gasteiger partial charge in [-0.3, -0.25) is 0 Å². The van der Waals surface area contributed by atoms with E-state index in [0.717, 1.165) is 25.9 Å². The van der Waals surface area contributed by atoms with Crippen LogP contribution in [0.15, 0.2) is 29.2 Å². The van der Waals surface area contributed by atoms with Crippen LogP contribution < -0.4 is 0 Å². The van der Waals surface area contributed by atoms with Crippen molar-refractivity contribution in [3.63, 3.8) is 0 Å². The number of aryl methyl sites for hydroxylation is 1. The van der Waals surface area contributed by atoms with Gasteiger partial charge in [0.2, 0.25) is 0 Å². The second kappa shape index (κ2) is 9.42. The summed E-state index contributed by atoms with van der Waals surface area (Å²) >= 11 is 1.99. The molecular formula is C15H25NOS. The maximum atomic E-state index is 8.88. The molecule has 0 spiro atoms. The quantitative estimate of drug-likeness (QED) is 0.826. The molecule has 1 aliphatic rings. The molecule has 0 aliphatic carbocycles. The molecule has 3 heteroatoms. The fraction of sp³-hybridized carbons (Fsp3) is 0.600. The van der Waals surface area contributed by atoms with Gasteiger partial charge in [0.15, 0.2) is 0 Å². The van der Waals surface area contributed by atoms with Crippen LogP contribution in [-0.4, -0.2) is 29.1 Å². The summed E-state index contributed by atoms with van der Waals surface area (Å²) in [6, 6.07) is 8.71. The average molecular weight is 267 g/mol. The molecule has 0 unspecified atom stereocenters. The van der Waals surface area contributed by atoms with Gasteiger partial charge in [0, 0.05) is 18.0 Å². The topological polar surface area (TPSA) is 23.5 Å². The molecule has 0 saturated heterocycles. The highest BCUT2D eigenvalue weighted by atomic mass is 32.2. The van der Waals surface area contributed by atoms with Gasteiger partial charge < -0.3 is 5.21 Å². The maximum absolute atomic E-state index is 8.88. The molecule has 1 N–H and O–H groups in total. The standard InChI is InChI=1S/C9H10S.C6H15NO/c1-2-6-9-8(4-1)5-3-7-10-9;1-3-5-7(8)6-4-2/h1-2,4,6H,3,5,7H2;8H,3-6H2,1-2H3. The molecule has 0 saturated carbocycles. The smallest absolute Gasteiger partial charge is 0.0235 e. The Morgan fingerprint density at radius 1 is 1.17 bits per heavy atom. The van der Waals surface area contributed by atoms with Crippen LogP contribution in [-0.2, 0) is 6.42 Å². The van der Waals surface area contributed by atoms with Crippen molar-refractivity contribution in [2.75, 3.05) is 18.8 Å². The molecule has 1 aliphatic heterocycles. The van der Waals surface area contributed by atoms with Crippen LogP contribution in [0.5, 0.6) is 0 Å². The average Bonchev–Trinajstić information content (AvgIpc) is 2.40. The van der Waals surface area contributed by atoms with E-state index < -0.39 is 0 Å². The molecule has 2 nitrogen and oxygen atoms in total. The summed E-state index contributed by atoms with van der Waals surface area (Å²) in [6.45, 7) is 5.71. The molecule has 0 atom stereocenters. The molecule has 0 fully saturated rings. The van der Waals surface area contributed by atoms with E-state index in [9.17, 15) is 0 Å². The van der Waals surface area contributed by atoms with E-state index in [4.69, 9.17) is 5.21 Å². The Bertz CT molecular complexity index is 299. The summed E-state index contributed by atoms with van der Waals surface area (Å²) in [7, 11) is 0. The highest BCUT2D eigenvalue weighted by Gasteiger charge is 2.06. The molecule has 0 amide bonds. The van der Waals surface area contributed by atoms with Gasteiger partial charge in [-0.2, -0.15) is 5.06 Å². The van der Waals surface area contributed by atoms with Gasteiger partial charge in [-0.05, 0) is 43.1 Å². The molecule has 0 aromatic heterocycles. The third kappa shape index (κ3) is 5.89. The van der Waals surface area contributed by atoms with E-state index in [1.807, 2.05) is 11.8 Å². The van der Waals surface area contributed by atoms with E-state index in [-0.39, 0.29) is 0 Å². The van der Waals surface area contributed by atoms with Crippen molar-refractivity contribution in [1.29, 1.82) is 0 Å². The van der Waals surface area contributed by atoms with E-state index in [1.165, 1.54) is 28.6 Å². The zero-order valence-corrected chi connectivity index (χ0v) is 12.4. The number of thioether (sulfide) groups is 1. The number of fused-ring (bicyclic) bond motifs is 1. The minimum absolute atomic E-state index is 0.799. The Hall–Kier alpha value is -0.510. The molecule has 1 aromatic carbocycles. The lowest BCUT2D eigenvalue weighted by atomic mass is 10.1. The van der Waals surface area contributed by atoms with Crippen molar-refractivity contribution < 1.29 is 5.21 Å². The summed E-state index contributed by atoms with van der Waals surface area (Å²) in [4.78, 5) is 1.49. The Morgan fingerprint density at radius 3 is 2.44 bits per heavy atom. The van der Waals surface area contributed by atoms with Crippen molar-refractivity contribution in [2.45, 2.75) is 44.4 Å². The van der Waals surface area contributed by atoms with E-state index in [0.29, 0.717) is 0 Å². The first-order chi connectivity index (χ1) is 8.77. The lowest BCUT2D eigenvalue weighted by Gasteiger charge is -2.13. The Kier molecular flexibility index (Phi) is 8.14. The third-order valence-electron chi connectivity index (χ3n) is 2.78. The van der Waals surface area contributed by atoms with Gasteiger partial charge in [0.25, 0.3) is 0 Å². The maximum Gasteiger partial charge on any atom is 0.0235 e. The van der Waals surface area contributed by atoms with E-state index in [1.54, 1.807) is 5.56 Å². The summed E-state index contributed by atoms with van der Waals surface area (Å²) in [5, 5.41) is 10.2. The minimum Gasteiger partial charge on any atom is -0.314 e. The fourth-order valence-corrected chi connectivity index (χ4v) is 2.96. The fourth-order valence-electron chi connectivity index (χ4n) is 1.92. The normalized spacial score (nSPS) is 13.8. The van der Waals surface area contributed by atoms with Crippen molar-refractivity contribution in [2.24, 2.45) is 0 Å². The van der Waals surface area contributed by atoms with Crippen molar-refractivity contribution in [3.05, 3.63) is 29.8 Å². The Labute approximate surface area is 115 Å². The highest BCUT2D eigenvalue weighted by molar-refractivity contribution is 7.99. The predicted octanol–water partition coefficient (Wildman–Crippen LogP) is 4.22. The van der Waals surface area contributed by atoms with Crippen molar-refractivity contribution >= 4 is 11.8 Å². The molecule has 0 radical (unpaired) electrons. The molecule has 102 valence electrons. The number of hydroxylamine groups is 2. The predicted molar refractivity (Wildman–Crippen MR) is 79.4 cm³/mol. The first-order valence-electron chi connectivity index (χ1n) is 6.92. The van der Waals surface area contributed by atoms with Gasteiger partial charge in [0.05, 0.1) is 0 Å².